The van der Waals surface area contributed by atoms with E-state index in [2.05, 4.69) is 4.98 Å². The Morgan fingerprint density at radius 2 is 2.26 bits per heavy atom. The van der Waals surface area contributed by atoms with Gasteiger partial charge in [0.15, 0.2) is 0 Å². The van der Waals surface area contributed by atoms with Gasteiger partial charge in [-0.3, -0.25) is 4.79 Å². The number of urea groups is 1. The Bertz CT molecular complexity index is 481. The third-order valence-electron chi connectivity index (χ3n) is 3.60. The van der Waals surface area contributed by atoms with Gasteiger partial charge in [-0.25, -0.2) is 4.79 Å². The highest BCUT2D eigenvalue weighted by atomic mass is 16.4. The zero-order chi connectivity index (χ0) is 14.2. The number of carbonyl (C=O) groups is 2. The first kappa shape index (κ1) is 13.5. The van der Waals surface area contributed by atoms with Gasteiger partial charge in [0.1, 0.15) is 0 Å². The molecule has 0 radical (unpaired) electrons. The number of amides is 2. The van der Waals surface area contributed by atoms with Gasteiger partial charge in [0, 0.05) is 32.5 Å². The van der Waals surface area contributed by atoms with Crippen LogP contribution in [0, 0.1) is 5.41 Å². The Labute approximate surface area is 112 Å². The van der Waals surface area contributed by atoms with E-state index >= 15 is 0 Å². The predicted octanol–water partition coefficient (Wildman–Crippen LogP) is 1.53. The van der Waals surface area contributed by atoms with Crippen LogP contribution in [-0.4, -0.2) is 52.0 Å². The van der Waals surface area contributed by atoms with Crippen LogP contribution in [0.2, 0.25) is 0 Å². The molecule has 0 aromatic carbocycles. The molecule has 0 spiro atoms. The summed E-state index contributed by atoms with van der Waals surface area (Å²) in [6, 6.07) is 1.78. The van der Waals surface area contributed by atoms with E-state index in [1.165, 1.54) is 0 Å². The number of likely N-dealkylation sites (N-methyl/N-ethyl adjacent to an activating group) is 1. The van der Waals surface area contributed by atoms with Gasteiger partial charge in [-0.05, 0) is 25.5 Å². The lowest BCUT2D eigenvalue weighted by Crippen LogP contribution is -2.41. The minimum Gasteiger partial charge on any atom is -0.481 e. The van der Waals surface area contributed by atoms with Gasteiger partial charge >= 0.3 is 12.0 Å². The van der Waals surface area contributed by atoms with Gasteiger partial charge in [-0.1, -0.05) is 0 Å². The molecule has 0 bridgehead atoms. The molecule has 19 heavy (non-hydrogen) atoms. The number of hydrogen-bond acceptors (Lipinski definition) is 2. The maximum Gasteiger partial charge on any atom is 0.320 e. The smallest absolute Gasteiger partial charge is 0.320 e. The van der Waals surface area contributed by atoms with Crippen LogP contribution in [0.25, 0.3) is 0 Å². The maximum absolute atomic E-state index is 12.2. The third-order valence-corrected chi connectivity index (χ3v) is 3.60. The molecule has 1 aliphatic heterocycles. The predicted molar refractivity (Wildman–Crippen MR) is 69.7 cm³/mol. The zero-order valence-corrected chi connectivity index (χ0v) is 11.4. The highest BCUT2D eigenvalue weighted by Crippen LogP contribution is 2.30. The van der Waals surface area contributed by atoms with E-state index < -0.39 is 11.4 Å². The molecular formula is C13H19N3O3. The van der Waals surface area contributed by atoms with Gasteiger partial charge in [0.05, 0.1) is 11.5 Å². The lowest BCUT2D eigenvalue weighted by molar-refractivity contribution is -0.147. The summed E-state index contributed by atoms with van der Waals surface area (Å²) >= 11 is 0. The molecule has 1 aliphatic rings. The van der Waals surface area contributed by atoms with E-state index in [1.54, 1.807) is 30.7 Å². The molecule has 1 saturated heterocycles. The fourth-order valence-electron chi connectivity index (χ4n) is 2.32. The summed E-state index contributed by atoms with van der Waals surface area (Å²) in [4.78, 5) is 29.5. The number of nitrogens with one attached hydrogen (secondary N) is 1. The monoisotopic (exact) mass is 265 g/mol. The average molecular weight is 265 g/mol. The number of nitrogens with zero attached hydrogens (tertiary/aromatic N) is 2. The summed E-state index contributed by atoms with van der Waals surface area (Å²) in [6.45, 7) is 3.99. The topological polar surface area (TPSA) is 76.6 Å². The van der Waals surface area contributed by atoms with E-state index in [9.17, 15) is 9.59 Å². The van der Waals surface area contributed by atoms with E-state index in [1.807, 2.05) is 18.5 Å². The summed E-state index contributed by atoms with van der Waals surface area (Å²) in [5.41, 5.74) is 0.0928. The maximum atomic E-state index is 12.2. The summed E-state index contributed by atoms with van der Waals surface area (Å²) in [5.74, 6) is -0.895. The number of rotatable bonds is 4. The van der Waals surface area contributed by atoms with Crippen molar-refractivity contribution in [2.75, 3.05) is 20.1 Å². The first-order valence-electron chi connectivity index (χ1n) is 6.21. The second-order valence-electron chi connectivity index (χ2n) is 5.62. The first-order chi connectivity index (χ1) is 8.83. The fraction of sp³-hybridized carbons (Fsp3) is 0.538. The molecule has 104 valence electrons. The normalized spacial score (nSPS) is 20.2. The number of H-pyrrole nitrogens is 1. The van der Waals surface area contributed by atoms with Crippen LogP contribution in [0.3, 0.4) is 0 Å². The molecule has 2 rings (SSSR count). The van der Waals surface area contributed by atoms with E-state index in [0.29, 0.717) is 6.54 Å². The van der Waals surface area contributed by atoms with E-state index in [4.69, 9.17) is 5.11 Å². The lowest BCUT2D eigenvalue weighted by atomic mass is 9.93. The molecule has 1 atom stereocenters. The largest absolute Gasteiger partial charge is 0.481 e. The van der Waals surface area contributed by atoms with Crippen molar-refractivity contribution in [3.8, 4) is 0 Å². The lowest BCUT2D eigenvalue weighted by Gasteiger charge is -2.25. The molecular weight excluding hydrogens is 246 g/mol. The minimum atomic E-state index is -0.941. The number of aromatic amines is 1. The minimum absolute atomic E-state index is 0.0247. The van der Waals surface area contributed by atoms with Crippen LogP contribution in [0.15, 0.2) is 18.5 Å². The summed E-state index contributed by atoms with van der Waals surface area (Å²) in [5, 5.41) is 9.15. The van der Waals surface area contributed by atoms with Crippen molar-refractivity contribution >= 4 is 12.0 Å². The molecule has 0 saturated carbocycles. The number of carbonyl (C=O) groups excluding carboxylic acids is 1. The van der Waals surface area contributed by atoms with Gasteiger partial charge in [-0.15, -0.1) is 0 Å². The highest BCUT2D eigenvalue weighted by molar-refractivity contribution is 5.79. The van der Waals surface area contributed by atoms with Crippen LogP contribution in [0.5, 0.6) is 0 Å². The molecule has 2 amide bonds. The second kappa shape index (κ2) is 4.60. The summed E-state index contributed by atoms with van der Waals surface area (Å²) < 4.78 is 0. The van der Waals surface area contributed by atoms with Gasteiger partial charge in [0.25, 0.3) is 0 Å². The van der Waals surface area contributed by atoms with Crippen molar-refractivity contribution in [3.63, 3.8) is 0 Å². The van der Waals surface area contributed by atoms with Crippen molar-refractivity contribution in [1.29, 1.82) is 0 Å². The van der Waals surface area contributed by atoms with Crippen LogP contribution in [-0.2, 0) is 4.79 Å². The number of carboxylic acids is 1. The molecule has 1 fully saturated rings. The Hall–Kier alpha value is -1.98. The Balaban J connectivity index is 2.13. The standard InChI is InChI=1S/C13H19N3O3/c1-13(2,11(17)18)8-16-7-10(15(3)12(16)19)9-4-5-14-6-9/h4-6,10,14H,7-8H2,1-3H3,(H,17,18). The Morgan fingerprint density at radius 3 is 2.79 bits per heavy atom. The highest BCUT2D eigenvalue weighted by Gasteiger charge is 2.40. The van der Waals surface area contributed by atoms with Crippen LogP contribution in [0.1, 0.15) is 25.5 Å². The van der Waals surface area contributed by atoms with Crippen molar-refractivity contribution < 1.29 is 14.7 Å². The number of carboxylic acid groups (broad SMARTS) is 1. The molecule has 6 nitrogen and oxygen atoms in total. The van der Waals surface area contributed by atoms with Gasteiger partial charge in [-0.2, -0.15) is 0 Å². The van der Waals surface area contributed by atoms with Crippen molar-refractivity contribution in [3.05, 3.63) is 24.0 Å². The number of aromatic nitrogens is 1. The molecule has 1 aromatic rings. The van der Waals surface area contributed by atoms with Crippen molar-refractivity contribution in [1.82, 2.24) is 14.8 Å². The van der Waals surface area contributed by atoms with Crippen LogP contribution >= 0.6 is 0 Å². The number of hydrogen-bond donors (Lipinski definition) is 2. The molecule has 2 heterocycles. The fourth-order valence-corrected chi connectivity index (χ4v) is 2.32. The summed E-state index contributed by atoms with van der Waals surface area (Å²) in [7, 11) is 1.74. The van der Waals surface area contributed by atoms with E-state index in [0.717, 1.165) is 5.56 Å². The van der Waals surface area contributed by atoms with Crippen molar-refractivity contribution in [2.45, 2.75) is 19.9 Å². The van der Waals surface area contributed by atoms with Crippen LogP contribution < -0.4 is 0 Å². The molecule has 2 N–H and O–H groups in total. The third kappa shape index (κ3) is 2.43. The van der Waals surface area contributed by atoms with Crippen molar-refractivity contribution in [2.24, 2.45) is 5.41 Å². The Kier molecular flexibility index (Phi) is 3.26. The van der Waals surface area contributed by atoms with Gasteiger partial charge < -0.3 is 19.9 Å². The SMILES string of the molecule is CN1C(=O)N(CC(C)(C)C(=O)O)CC1c1cc[nH]c1. The molecule has 0 aliphatic carbocycles. The molecule has 6 heteroatoms. The first-order valence-corrected chi connectivity index (χ1v) is 6.21. The number of aliphatic carboxylic acids is 1. The second-order valence-corrected chi connectivity index (χ2v) is 5.62. The van der Waals surface area contributed by atoms with E-state index in [-0.39, 0.29) is 18.6 Å². The van der Waals surface area contributed by atoms with Crippen LogP contribution in [0.4, 0.5) is 4.79 Å². The summed E-state index contributed by atoms with van der Waals surface area (Å²) in [6.07, 6.45) is 3.68. The quantitative estimate of drug-likeness (QED) is 0.866. The Morgan fingerprint density at radius 1 is 1.58 bits per heavy atom. The average Bonchev–Trinajstić information content (AvgIpc) is 2.92. The molecule has 1 unspecified atom stereocenters. The molecule has 1 aromatic heterocycles. The van der Waals surface area contributed by atoms with Gasteiger partial charge in [0.2, 0.25) is 0 Å². The zero-order valence-electron chi connectivity index (χ0n) is 11.4.